The van der Waals surface area contributed by atoms with Gasteiger partial charge in [0.15, 0.2) is 0 Å². The van der Waals surface area contributed by atoms with E-state index >= 15 is 0 Å². The Balaban J connectivity index is 1.55. The van der Waals surface area contributed by atoms with Crippen LogP contribution in [-0.4, -0.2) is 36.3 Å². The Kier molecular flexibility index (Phi) is 6.35. The van der Waals surface area contributed by atoms with Gasteiger partial charge in [0.2, 0.25) is 0 Å². The second-order valence-corrected chi connectivity index (χ2v) is 7.45. The average molecular weight is 360 g/mol. The molecule has 2 aromatic carbocycles. The molecule has 0 saturated carbocycles. The van der Waals surface area contributed by atoms with Gasteiger partial charge in [-0.25, -0.2) is 0 Å². The van der Waals surface area contributed by atoms with Crippen molar-refractivity contribution in [2.75, 3.05) is 26.3 Å². The number of halogens is 1. The number of para-hydroxylation sites is 1. The van der Waals surface area contributed by atoms with E-state index in [0.29, 0.717) is 6.61 Å². The van der Waals surface area contributed by atoms with E-state index in [9.17, 15) is 5.11 Å². The van der Waals surface area contributed by atoms with Gasteiger partial charge in [0, 0.05) is 23.5 Å². The molecule has 1 unspecified atom stereocenters. The van der Waals surface area contributed by atoms with Crippen molar-refractivity contribution in [1.29, 1.82) is 0 Å². The fourth-order valence-corrected chi connectivity index (χ4v) is 3.73. The van der Waals surface area contributed by atoms with Crippen LogP contribution in [0.2, 0.25) is 5.02 Å². The molecule has 1 heterocycles. The first-order valence-electron chi connectivity index (χ1n) is 8.95. The van der Waals surface area contributed by atoms with Crippen LogP contribution >= 0.6 is 11.6 Å². The molecule has 0 aliphatic carbocycles. The largest absolute Gasteiger partial charge is 0.494 e. The molecule has 1 atom stereocenters. The van der Waals surface area contributed by atoms with Crippen LogP contribution < -0.4 is 4.74 Å². The first kappa shape index (κ1) is 18.2. The summed E-state index contributed by atoms with van der Waals surface area (Å²) in [6.45, 7) is 3.73. The summed E-state index contributed by atoms with van der Waals surface area (Å²) in [5, 5.41) is 10.8. The highest BCUT2D eigenvalue weighted by atomic mass is 35.5. The molecule has 1 fully saturated rings. The smallest absolute Gasteiger partial charge is 0.119 e. The summed E-state index contributed by atoms with van der Waals surface area (Å²) in [6.07, 6.45) is 3.04. The molecule has 0 radical (unpaired) electrons. The monoisotopic (exact) mass is 359 g/mol. The van der Waals surface area contributed by atoms with Crippen molar-refractivity contribution in [2.24, 2.45) is 5.41 Å². The van der Waals surface area contributed by atoms with Crippen LogP contribution in [0.5, 0.6) is 5.75 Å². The van der Waals surface area contributed by atoms with Crippen molar-refractivity contribution in [1.82, 2.24) is 4.90 Å². The van der Waals surface area contributed by atoms with Crippen LogP contribution in [0.25, 0.3) is 0 Å². The lowest BCUT2D eigenvalue weighted by molar-refractivity contribution is 0.0128. The maximum atomic E-state index is 10.1. The van der Waals surface area contributed by atoms with Crippen molar-refractivity contribution < 1.29 is 9.84 Å². The van der Waals surface area contributed by atoms with Crippen molar-refractivity contribution in [3.63, 3.8) is 0 Å². The molecule has 1 aliphatic rings. The number of ether oxygens (including phenoxy) is 1. The molecule has 2 aromatic rings. The predicted octanol–water partition coefficient (Wildman–Crippen LogP) is 4.38. The Morgan fingerprint density at radius 3 is 2.56 bits per heavy atom. The van der Waals surface area contributed by atoms with Gasteiger partial charge in [-0.1, -0.05) is 41.9 Å². The Morgan fingerprint density at radius 2 is 1.84 bits per heavy atom. The molecule has 3 rings (SSSR count). The number of rotatable bonds is 7. The summed E-state index contributed by atoms with van der Waals surface area (Å²) in [4.78, 5) is 2.44. The molecular formula is C21H26ClNO2. The number of hydrogen-bond donors (Lipinski definition) is 1. The summed E-state index contributed by atoms with van der Waals surface area (Å²) in [6, 6.07) is 17.9. The second-order valence-electron chi connectivity index (χ2n) is 7.01. The molecule has 25 heavy (non-hydrogen) atoms. The van der Waals surface area contributed by atoms with Crippen LogP contribution in [-0.2, 0) is 6.54 Å². The highest BCUT2D eigenvalue weighted by molar-refractivity contribution is 6.30. The standard InChI is InChI=1S/C21H26ClNO2/c22-19-9-7-18(8-10-19)15-23-13-4-11-21(16-23,17-24)12-14-25-20-5-2-1-3-6-20/h1-3,5-10,24H,4,11-17H2. The predicted molar refractivity (Wildman–Crippen MR) is 102 cm³/mol. The van der Waals surface area contributed by atoms with Gasteiger partial charge in [-0.05, 0) is 55.6 Å². The highest BCUT2D eigenvalue weighted by Crippen LogP contribution is 2.34. The average Bonchev–Trinajstić information content (AvgIpc) is 2.65. The molecular weight excluding hydrogens is 334 g/mol. The number of aliphatic hydroxyl groups excluding tert-OH is 1. The van der Waals surface area contributed by atoms with Gasteiger partial charge in [0.1, 0.15) is 5.75 Å². The molecule has 134 valence electrons. The zero-order valence-electron chi connectivity index (χ0n) is 14.5. The molecule has 1 saturated heterocycles. The topological polar surface area (TPSA) is 32.7 Å². The van der Waals surface area contributed by atoms with Gasteiger partial charge in [0.05, 0.1) is 13.2 Å². The summed E-state index contributed by atoms with van der Waals surface area (Å²) in [5.41, 5.74) is 1.19. The van der Waals surface area contributed by atoms with E-state index in [4.69, 9.17) is 16.3 Å². The number of nitrogens with zero attached hydrogens (tertiary/aromatic N) is 1. The normalized spacial score (nSPS) is 21.2. The zero-order valence-corrected chi connectivity index (χ0v) is 15.3. The van der Waals surface area contributed by atoms with E-state index in [-0.39, 0.29) is 12.0 Å². The number of piperidine rings is 1. The quantitative estimate of drug-likeness (QED) is 0.796. The SMILES string of the molecule is OCC1(CCOc2ccccc2)CCCN(Cc2ccc(Cl)cc2)C1. The number of benzene rings is 2. The van der Waals surface area contributed by atoms with Crippen LogP contribution in [0, 0.1) is 5.41 Å². The minimum absolute atomic E-state index is 0.0700. The van der Waals surface area contributed by atoms with Gasteiger partial charge in [-0.2, -0.15) is 0 Å². The highest BCUT2D eigenvalue weighted by Gasteiger charge is 2.34. The number of likely N-dealkylation sites (tertiary alicyclic amines) is 1. The van der Waals surface area contributed by atoms with Gasteiger partial charge < -0.3 is 9.84 Å². The van der Waals surface area contributed by atoms with Gasteiger partial charge in [-0.3, -0.25) is 4.90 Å². The zero-order chi connectivity index (χ0) is 17.5. The lowest BCUT2D eigenvalue weighted by Gasteiger charge is -2.42. The van der Waals surface area contributed by atoms with Crippen molar-refractivity contribution in [3.05, 3.63) is 65.2 Å². The third-order valence-electron chi connectivity index (χ3n) is 5.04. The third-order valence-corrected chi connectivity index (χ3v) is 5.29. The van der Waals surface area contributed by atoms with E-state index in [2.05, 4.69) is 17.0 Å². The fraction of sp³-hybridized carbons (Fsp3) is 0.429. The van der Waals surface area contributed by atoms with Crippen molar-refractivity contribution in [2.45, 2.75) is 25.8 Å². The molecule has 0 bridgehead atoms. The fourth-order valence-electron chi connectivity index (χ4n) is 3.61. The third kappa shape index (κ3) is 5.21. The number of aliphatic hydroxyl groups is 1. The Labute approximate surface area is 155 Å². The Morgan fingerprint density at radius 1 is 1.08 bits per heavy atom. The maximum Gasteiger partial charge on any atom is 0.119 e. The van der Waals surface area contributed by atoms with Crippen molar-refractivity contribution >= 4 is 11.6 Å². The van der Waals surface area contributed by atoms with E-state index < -0.39 is 0 Å². The molecule has 0 amide bonds. The van der Waals surface area contributed by atoms with E-state index in [0.717, 1.165) is 49.7 Å². The van der Waals surface area contributed by atoms with E-state index in [1.54, 1.807) is 0 Å². The second kappa shape index (κ2) is 8.70. The molecule has 3 nitrogen and oxygen atoms in total. The van der Waals surface area contributed by atoms with Crippen LogP contribution in [0.15, 0.2) is 54.6 Å². The molecule has 1 N–H and O–H groups in total. The molecule has 4 heteroatoms. The lowest BCUT2D eigenvalue weighted by Crippen LogP contribution is -2.45. The van der Waals surface area contributed by atoms with E-state index in [1.807, 2.05) is 42.5 Å². The molecule has 0 spiro atoms. The molecule has 0 aromatic heterocycles. The van der Waals surface area contributed by atoms with Gasteiger partial charge in [-0.15, -0.1) is 0 Å². The summed E-state index contributed by atoms with van der Waals surface area (Å²) >= 11 is 5.97. The summed E-state index contributed by atoms with van der Waals surface area (Å²) < 4.78 is 5.86. The summed E-state index contributed by atoms with van der Waals surface area (Å²) in [7, 11) is 0. The van der Waals surface area contributed by atoms with Crippen LogP contribution in [0.3, 0.4) is 0 Å². The Bertz CT molecular complexity index is 647. The lowest BCUT2D eigenvalue weighted by atomic mass is 9.78. The summed E-state index contributed by atoms with van der Waals surface area (Å²) in [5.74, 6) is 0.893. The minimum atomic E-state index is -0.0700. The molecule has 1 aliphatic heterocycles. The minimum Gasteiger partial charge on any atom is -0.494 e. The van der Waals surface area contributed by atoms with Crippen LogP contribution in [0.1, 0.15) is 24.8 Å². The van der Waals surface area contributed by atoms with Gasteiger partial charge in [0.25, 0.3) is 0 Å². The Hall–Kier alpha value is -1.55. The maximum absolute atomic E-state index is 10.1. The van der Waals surface area contributed by atoms with Crippen LogP contribution in [0.4, 0.5) is 0 Å². The first-order chi connectivity index (χ1) is 12.2. The van der Waals surface area contributed by atoms with Gasteiger partial charge >= 0.3 is 0 Å². The first-order valence-corrected chi connectivity index (χ1v) is 9.32. The van der Waals surface area contributed by atoms with E-state index in [1.165, 1.54) is 5.56 Å². The van der Waals surface area contributed by atoms with Crippen molar-refractivity contribution in [3.8, 4) is 5.75 Å². The number of hydrogen-bond acceptors (Lipinski definition) is 3.